The molecule has 1 unspecified atom stereocenters. The quantitative estimate of drug-likeness (QED) is 0.644. The topological polar surface area (TPSA) is 75.7 Å². The van der Waals surface area contributed by atoms with Crippen LogP contribution in [-0.4, -0.2) is 35.6 Å². The van der Waals surface area contributed by atoms with E-state index in [1.165, 1.54) is 4.90 Å². The van der Waals surface area contributed by atoms with Crippen molar-refractivity contribution in [2.24, 2.45) is 0 Å². The second kappa shape index (κ2) is 8.62. The van der Waals surface area contributed by atoms with Crippen molar-refractivity contribution in [3.63, 3.8) is 0 Å². The first kappa shape index (κ1) is 19.7. The number of anilines is 1. The first-order valence-electron chi connectivity index (χ1n) is 8.08. The third-order valence-electron chi connectivity index (χ3n) is 3.57. The molecule has 2 amide bonds. The minimum Gasteiger partial charge on any atom is -0.423 e. The normalized spacial score (nSPS) is 11.7. The smallest absolute Gasteiger partial charge is 0.343 e. The van der Waals surface area contributed by atoms with Crippen molar-refractivity contribution in [2.75, 3.05) is 18.2 Å². The number of hydrogen-bond acceptors (Lipinski definition) is 4. The van der Waals surface area contributed by atoms with Gasteiger partial charge in [-0.15, -0.1) is 0 Å². The molecule has 0 aliphatic carbocycles. The van der Waals surface area contributed by atoms with Crippen molar-refractivity contribution in [3.05, 3.63) is 54.1 Å². The number of esters is 1. The zero-order valence-corrected chi connectivity index (χ0v) is 16.0. The molecule has 0 spiro atoms. The van der Waals surface area contributed by atoms with Crippen LogP contribution >= 0.6 is 0 Å². The number of urea groups is 1. The van der Waals surface area contributed by atoms with Gasteiger partial charge in [0, 0.05) is 40.7 Å². The average molecular weight is 374 g/mol. The van der Waals surface area contributed by atoms with Crippen LogP contribution in [0.4, 0.5) is 10.5 Å². The van der Waals surface area contributed by atoms with Gasteiger partial charge in [-0.2, -0.15) is 0 Å². The minimum atomic E-state index is -1.09. The third kappa shape index (κ3) is 5.16. The van der Waals surface area contributed by atoms with Crippen LogP contribution in [0.3, 0.4) is 0 Å². The molecule has 1 N–H and O–H groups in total. The van der Waals surface area contributed by atoms with E-state index >= 15 is 0 Å². The Morgan fingerprint density at radius 1 is 1.04 bits per heavy atom. The fourth-order valence-electron chi connectivity index (χ4n) is 2.15. The molecule has 0 saturated heterocycles. The number of amides is 2. The van der Waals surface area contributed by atoms with Crippen LogP contribution in [0, 0.1) is 0 Å². The number of ether oxygens (including phenoxy) is 1. The van der Waals surface area contributed by atoms with Crippen LogP contribution in [0.25, 0.3) is 0 Å². The molecule has 0 heterocycles. The molecule has 0 aliphatic rings. The summed E-state index contributed by atoms with van der Waals surface area (Å²) < 4.78 is 16.7. The highest BCUT2D eigenvalue weighted by Gasteiger charge is 2.13. The molecule has 26 heavy (non-hydrogen) atoms. The number of nitrogens with zero attached hydrogens (tertiary/aromatic N) is 1. The van der Waals surface area contributed by atoms with E-state index in [0.29, 0.717) is 21.9 Å². The molecular weight excluding hydrogens is 352 g/mol. The number of rotatable bonds is 5. The molecule has 2 aromatic carbocycles. The van der Waals surface area contributed by atoms with Crippen LogP contribution in [0.2, 0.25) is 0 Å². The largest absolute Gasteiger partial charge is 0.423 e. The number of carbonyl (C=O) groups excluding carboxylic acids is 2. The molecule has 138 valence electrons. The summed E-state index contributed by atoms with van der Waals surface area (Å²) in [6.07, 6.45) is 1.58. The lowest BCUT2D eigenvalue weighted by Gasteiger charge is -2.20. The highest BCUT2D eigenvalue weighted by molar-refractivity contribution is 7.84. The summed E-state index contributed by atoms with van der Waals surface area (Å²) in [7, 11) is 0.572. The molecule has 0 radical (unpaired) electrons. The van der Waals surface area contributed by atoms with E-state index in [4.69, 9.17) is 4.74 Å². The molecule has 6 nitrogen and oxygen atoms in total. The number of carbonyl (C=O) groups is 2. The fourth-order valence-corrected chi connectivity index (χ4v) is 2.67. The Bertz CT molecular complexity index is 801. The van der Waals surface area contributed by atoms with E-state index in [0.717, 1.165) is 0 Å². The van der Waals surface area contributed by atoms with Crippen molar-refractivity contribution in [3.8, 4) is 5.75 Å². The SMILES string of the molecule is CC(C)NC(=O)N(C)c1ccc(OC(=O)c2ccc(S(C)=O)cc2)cc1. The summed E-state index contributed by atoms with van der Waals surface area (Å²) in [6, 6.07) is 12.9. The second-order valence-corrected chi connectivity index (χ2v) is 7.40. The van der Waals surface area contributed by atoms with E-state index in [9.17, 15) is 13.8 Å². The van der Waals surface area contributed by atoms with Crippen molar-refractivity contribution < 1.29 is 18.5 Å². The maximum absolute atomic E-state index is 12.2. The van der Waals surface area contributed by atoms with Crippen LogP contribution in [0.15, 0.2) is 53.4 Å². The summed E-state index contributed by atoms with van der Waals surface area (Å²) in [4.78, 5) is 26.3. The van der Waals surface area contributed by atoms with E-state index in [-0.39, 0.29) is 12.1 Å². The van der Waals surface area contributed by atoms with Crippen molar-refractivity contribution in [1.29, 1.82) is 0 Å². The van der Waals surface area contributed by atoms with E-state index in [1.807, 2.05) is 13.8 Å². The maximum atomic E-state index is 12.2. The van der Waals surface area contributed by atoms with Gasteiger partial charge in [0.05, 0.1) is 5.56 Å². The molecule has 0 aromatic heterocycles. The molecule has 0 fully saturated rings. The van der Waals surface area contributed by atoms with E-state index < -0.39 is 16.8 Å². The minimum absolute atomic E-state index is 0.0432. The Hall–Kier alpha value is -2.67. The van der Waals surface area contributed by atoms with Gasteiger partial charge in [0.15, 0.2) is 0 Å². The Morgan fingerprint density at radius 2 is 1.62 bits per heavy atom. The van der Waals surface area contributed by atoms with Crippen LogP contribution in [-0.2, 0) is 10.8 Å². The molecule has 2 aromatic rings. The molecular formula is C19H22N2O4S. The second-order valence-electron chi connectivity index (χ2n) is 6.03. The van der Waals surface area contributed by atoms with Gasteiger partial charge in [0.1, 0.15) is 5.75 Å². The highest BCUT2D eigenvalue weighted by Crippen LogP contribution is 2.20. The number of benzene rings is 2. The maximum Gasteiger partial charge on any atom is 0.343 e. The molecule has 7 heteroatoms. The van der Waals surface area contributed by atoms with Gasteiger partial charge in [-0.05, 0) is 62.4 Å². The van der Waals surface area contributed by atoms with Gasteiger partial charge < -0.3 is 10.1 Å². The van der Waals surface area contributed by atoms with E-state index in [2.05, 4.69) is 5.32 Å². The van der Waals surface area contributed by atoms with Crippen molar-refractivity contribution in [1.82, 2.24) is 5.32 Å². The zero-order chi connectivity index (χ0) is 19.3. The van der Waals surface area contributed by atoms with Crippen molar-refractivity contribution in [2.45, 2.75) is 24.8 Å². The summed E-state index contributed by atoms with van der Waals surface area (Å²) >= 11 is 0. The Kier molecular flexibility index (Phi) is 6.52. The van der Waals surface area contributed by atoms with Gasteiger partial charge in [0.25, 0.3) is 0 Å². The monoisotopic (exact) mass is 374 g/mol. The Balaban J connectivity index is 2.03. The molecule has 1 atom stereocenters. The first-order valence-corrected chi connectivity index (χ1v) is 9.63. The Morgan fingerprint density at radius 3 is 2.12 bits per heavy atom. The fraction of sp³-hybridized carbons (Fsp3) is 0.263. The van der Waals surface area contributed by atoms with Crippen LogP contribution in [0.1, 0.15) is 24.2 Å². The number of nitrogens with one attached hydrogen (secondary N) is 1. The predicted octanol–water partition coefficient (Wildman–Crippen LogP) is 3.20. The lowest BCUT2D eigenvalue weighted by molar-refractivity contribution is 0.0734. The van der Waals surface area contributed by atoms with Gasteiger partial charge in [-0.1, -0.05) is 0 Å². The lowest BCUT2D eigenvalue weighted by Crippen LogP contribution is -2.40. The van der Waals surface area contributed by atoms with Crippen LogP contribution < -0.4 is 15.0 Å². The standard InChI is InChI=1S/C19H22N2O4S/c1-13(2)20-19(23)21(3)15-7-9-16(10-8-15)25-18(22)14-5-11-17(12-6-14)26(4)24/h5-13H,1-4H3,(H,20,23). The first-order chi connectivity index (χ1) is 12.3. The highest BCUT2D eigenvalue weighted by atomic mass is 32.2. The summed E-state index contributed by atoms with van der Waals surface area (Å²) in [5, 5.41) is 2.80. The van der Waals surface area contributed by atoms with Gasteiger partial charge in [-0.25, -0.2) is 9.59 Å². The third-order valence-corrected chi connectivity index (χ3v) is 4.51. The van der Waals surface area contributed by atoms with Gasteiger partial charge in [-0.3, -0.25) is 9.11 Å². The predicted molar refractivity (Wildman–Crippen MR) is 102 cm³/mol. The van der Waals surface area contributed by atoms with Gasteiger partial charge in [0.2, 0.25) is 0 Å². The van der Waals surface area contributed by atoms with E-state index in [1.54, 1.807) is 61.8 Å². The molecule has 0 bridgehead atoms. The van der Waals surface area contributed by atoms with Crippen LogP contribution in [0.5, 0.6) is 5.75 Å². The van der Waals surface area contributed by atoms with Crippen molar-refractivity contribution >= 4 is 28.5 Å². The van der Waals surface area contributed by atoms with Gasteiger partial charge >= 0.3 is 12.0 Å². The summed E-state index contributed by atoms with van der Waals surface area (Å²) in [5.74, 6) is -0.128. The lowest BCUT2D eigenvalue weighted by atomic mass is 10.2. The molecule has 0 aliphatic heterocycles. The average Bonchev–Trinajstić information content (AvgIpc) is 2.61. The Labute approximate surface area is 155 Å². The summed E-state index contributed by atoms with van der Waals surface area (Å²) in [5.41, 5.74) is 1.05. The molecule has 2 rings (SSSR count). The summed E-state index contributed by atoms with van der Waals surface area (Å²) in [6.45, 7) is 3.78. The number of hydrogen-bond donors (Lipinski definition) is 1. The molecule has 0 saturated carbocycles. The zero-order valence-electron chi connectivity index (χ0n) is 15.2.